The summed E-state index contributed by atoms with van der Waals surface area (Å²) in [6.45, 7) is 4.47. The highest BCUT2D eigenvalue weighted by molar-refractivity contribution is 5.94. The summed E-state index contributed by atoms with van der Waals surface area (Å²) in [5.74, 6) is 0.800. The van der Waals surface area contributed by atoms with Gasteiger partial charge in [0.15, 0.2) is 0 Å². The molecule has 1 spiro atoms. The third kappa shape index (κ3) is 2.14. The van der Waals surface area contributed by atoms with Crippen LogP contribution >= 0.6 is 0 Å². The molecule has 0 bridgehead atoms. The molecule has 3 aliphatic rings. The van der Waals surface area contributed by atoms with Gasteiger partial charge in [-0.2, -0.15) is 10.2 Å². The topological polar surface area (TPSA) is 55.3 Å². The maximum atomic E-state index is 13.0. The molecule has 2 saturated heterocycles. The molecule has 1 aromatic rings. The van der Waals surface area contributed by atoms with Crippen LogP contribution in [0.4, 0.5) is 0 Å². The predicted molar refractivity (Wildman–Crippen MR) is 81.4 cm³/mol. The van der Waals surface area contributed by atoms with E-state index in [1.807, 2.05) is 13.0 Å². The van der Waals surface area contributed by atoms with Crippen LogP contribution in [0.3, 0.4) is 0 Å². The first kappa shape index (κ1) is 14.1. The van der Waals surface area contributed by atoms with Crippen molar-refractivity contribution in [3.63, 3.8) is 0 Å². The standard InChI is InChI=1S/C17H23N3O2/c1-12-9-13(10-18-19-12)16(21)20-11-17(5-7-22-8-6-17)14-3-2-4-15(14)20/h9-10,14-15H,2-8,11H2,1H3/t14-,15+/m1/s1. The molecule has 0 unspecified atom stereocenters. The second-order valence-corrected chi connectivity index (χ2v) is 7.10. The molecule has 5 heteroatoms. The lowest BCUT2D eigenvalue weighted by atomic mass is 9.71. The molecule has 3 fully saturated rings. The first-order chi connectivity index (χ1) is 10.7. The smallest absolute Gasteiger partial charge is 0.255 e. The Hall–Kier alpha value is -1.49. The number of rotatable bonds is 1. The number of hydrogen-bond acceptors (Lipinski definition) is 4. The highest BCUT2D eigenvalue weighted by Crippen LogP contribution is 2.54. The molecule has 1 saturated carbocycles. The summed E-state index contributed by atoms with van der Waals surface area (Å²) >= 11 is 0. The SMILES string of the molecule is Cc1cc(C(=O)N2CC3(CCOCC3)[C@@H]3CCC[C@@H]32)cnn1. The van der Waals surface area contributed by atoms with Gasteiger partial charge in [-0.05, 0) is 50.0 Å². The van der Waals surface area contributed by atoms with Gasteiger partial charge in [-0.1, -0.05) is 6.42 Å². The summed E-state index contributed by atoms with van der Waals surface area (Å²) < 4.78 is 5.58. The Balaban J connectivity index is 1.63. The van der Waals surface area contributed by atoms with Gasteiger partial charge < -0.3 is 9.64 Å². The van der Waals surface area contributed by atoms with Gasteiger partial charge in [0.2, 0.25) is 0 Å². The Morgan fingerprint density at radius 2 is 2.18 bits per heavy atom. The summed E-state index contributed by atoms with van der Waals surface area (Å²) in [6, 6.07) is 2.27. The van der Waals surface area contributed by atoms with E-state index >= 15 is 0 Å². The zero-order valence-electron chi connectivity index (χ0n) is 13.1. The average molecular weight is 301 g/mol. The van der Waals surface area contributed by atoms with Gasteiger partial charge in [-0.15, -0.1) is 0 Å². The second-order valence-electron chi connectivity index (χ2n) is 7.10. The molecule has 0 N–H and O–H groups in total. The number of aryl methyl sites for hydroxylation is 1. The summed E-state index contributed by atoms with van der Waals surface area (Å²) in [7, 11) is 0. The highest BCUT2D eigenvalue weighted by Gasteiger charge is 2.55. The van der Waals surface area contributed by atoms with Crippen LogP contribution < -0.4 is 0 Å². The zero-order chi connectivity index (χ0) is 15.2. The molecule has 5 nitrogen and oxygen atoms in total. The van der Waals surface area contributed by atoms with Gasteiger partial charge in [0.05, 0.1) is 17.5 Å². The maximum Gasteiger partial charge on any atom is 0.255 e. The van der Waals surface area contributed by atoms with E-state index < -0.39 is 0 Å². The van der Waals surface area contributed by atoms with E-state index in [0.29, 0.717) is 22.9 Å². The lowest BCUT2D eigenvalue weighted by molar-refractivity contribution is -0.00100. The van der Waals surface area contributed by atoms with Crippen molar-refractivity contribution in [2.24, 2.45) is 11.3 Å². The fourth-order valence-corrected chi connectivity index (χ4v) is 4.89. The first-order valence-electron chi connectivity index (χ1n) is 8.38. The van der Waals surface area contributed by atoms with Gasteiger partial charge in [0, 0.05) is 25.8 Å². The number of fused-ring (bicyclic) bond motifs is 2. The molecule has 22 heavy (non-hydrogen) atoms. The number of likely N-dealkylation sites (tertiary alicyclic amines) is 1. The third-order valence-corrected chi connectivity index (χ3v) is 5.92. The van der Waals surface area contributed by atoms with Crippen LogP contribution in [0.5, 0.6) is 0 Å². The van der Waals surface area contributed by atoms with Crippen LogP contribution in [0.1, 0.15) is 48.2 Å². The van der Waals surface area contributed by atoms with E-state index in [2.05, 4.69) is 15.1 Å². The number of amides is 1. The van der Waals surface area contributed by atoms with Gasteiger partial charge in [0.25, 0.3) is 5.91 Å². The lowest BCUT2D eigenvalue weighted by Crippen LogP contribution is -2.38. The van der Waals surface area contributed by atoms with Gasteiger partial charge in [-0.25, -0.2) is 0 Å². The Morgan fingerprint density at radius 3 is 2.95 bits per heavy atom. The molecular weight excluding hydrogens is 278 g/mol. The quantitative estimate of drug-likeness (QED) is 0.798. The number of hydrogen-bond donors (Lipinski definition) is 0. The molecule has 1 amide bonds. The number of aromatic nitrogens is 2. The van der Waals surface area contributed by atoms with Crippen LogP contribution in [0, 0.1) is 18.3 Å². The molecule has 4 rings (SSSR count). The monoisotopic (exact) mass is 301 g/mol. The van der Waals surface area contributed by atoms with E-state index in [1.165, 1.54) is 12.8 Å². The van der Waals surface area contributed by atoms with Gasteiger partial charge >= 0.3 is 0 Å². The lowest BCUT2D eigenvalue weighted by Gasteiger charge is -2.37. The summed E-state index contributed by atoms with van der Waals surface area (Å²) in [6.07, 6.45) is 7.47. The maximum absolute atomic E-state index is 13.0. The number of nitrogens with zero attached hydrogens (tertiary/aromatic N) is 3. The van der Waals surface area contributed by atoms with Crippen molar-refractivity contribution in [1.82, 2.24) is 15.1 Å². The Bertz CT molecular complexity index is 583. The number of ether oxygens (including phenoxy) is 1. The van der Waals surface area contributed by atoms with Crippen LogP contribution in [0.25, 0.3) is 0 Å². The summed E-state index contributed by atoms with van der Waals surface area (Å²) in [5.41, 5.74) is 1.78. The van der Waals surface area contributed by atoms with Gasteiger partial charge in [0.1, 0.15) is 0 Å². The van der Waals surface area contributed by atoms with Crippen LogP contribution in [-0.4, -0.2) is 46.8 Å². The fourth-order valence-electron chi connectivity index (χ4n) is 4.89. The Kier molecular flexibility index (Phi) is 3.40. The van der Waals surface area contributed by atoms with Crippen molar-refractivity contribution in [3.05, 3.63) is 23.5 Å². The first-order valence-corrected chi connectivity index (χ1v) is 8.38. The normalized spacial score (nSPS) is 29.8. The van der Waals surface area contributed by atoms with Crippen molar-refractivity contribution >= 4 is 5.91 Å². The van der Waals surface area contributed by atoms with E-state index in [9.17, 15) is 4.79 Å². The average Bonchev–Trinajstić information content (AvgIpc) is 3.12. The van der Waals surface area contributed by atoms with Gasteiger partial charge in [-0.3, -0.25) is 4.79 Å². The van der Waals surface area contributed by atoms with Crippen molar-refractivity contribution in [1.29, 1.82) is 0 Å². The van der Waals surface area contributed by atoms with E-state index in [1.54, 1.807) is 6.20 Å². The van der Waals surface area contributed by atoms with Crippen molar-refractivity contribution in [2.45, 2.75) is 45.1 Å². The minimum atomic E-state index is 0.137. The van der Waals surface area contributed by atoms with Crippen LogP contribution in [0.15, 0.2) is 12.3 Å². The Labute approximate surface area is 131 Å². The van der Waals surface area contributed by atoms with E-state index in [-0.39, 0.29) is 5.91 Å². The molecule has 2 atom stereocenters. The molecule has 118 valence electrons. The van der Waals surface area contributed by atoms with Crippen molar-refractivity contribution in [3.8, 4) is 0 Å². The van der Waals surface area contributed by atoms with Crippen molar-refractivity contribution < 1.29 is 9.53 Å². The highest BCUT2D eigenvalue weighted by atomic mass is 16.5. The predicted octanol–water partition coefficient (Wildman–Crippen LogP) is 2.21. The molecule has 0 radical (unpaired) electrons. The van der Waals surface area contributed by atoms with Crippen LogP contribution in [0.2, 0.25) is 0 Å². The second kappa shape index (κ2) is 5.30. The summed E-state index contributed by atoms with van der Waals surface area (Å²) in [4.78, 5) is 15.1. The molecule has 1 aromatic heterocycles. The Morgan fingerprint density at radius 1 is 1.36 bits per heavy atom. The zero-order valence-corrected chi connectivity index (χ0v) is 13.1. The molecule has 3 heterocycles. The largest absolute Gasteiger partial charge is 0.381 e. The van der Waals surface area contributed by atoms with Crippen LogP contribution in [-0.2, 0) is 4.74 Å². The third-order valence-electron chi connectivity index (χ3n) is 5.92. The molecule has 0 aromatic carbocycles. The van der Waals surface area contributed by atoms with Crippen molar-refractivity contribution in [2.75, 3.05) is 19.8 Å². The molecule has 1 aliphatic carbocycles. The minimum Gasteiger partial charge on any atom is -0.381 e. The number of carbonyl (C=O) groups excluding carboxylic acids is 1. The fraction of sp³-hybridized carbons (Fsp3) is 0.706. The van der Waals surface area contributed by atoms with E-state index in [0.717, 1.165) is 44.7 Å². The van der Waals surface area contributed by atoms with E-state index in [4.69, 9.17) is 4.74 Å². The molecule has 2 aliphatic heterocycles. The molecular formula is C17H23N3O2. The minimum absolute atomic E-state index is 0.137. The number of carbonyl (C=O) groups is 1. The summed E-state index contributed by atoms with van der Waals surface area (Å²) in [5, 5.41) is 7.91.